The summed E-state index contributed by atoms with van der Waals surface area (Å²) in [7, 11) is 0. The van der Waals surface area contributed by atoms with Crippen LogP contribution in [-0.2, 0) is 6.54 Å². The smallest absolute Gasteiger partial charge is 0.131 e. The largest absolute Gasteiger partial charge is 0.296 e. The van der Waals surface area contributed by atoms with Crippen molar-refractivity contribution >= 4 is 0 Å². The fourth-order valence-electron chi connectivity index (χ4n) is 2.97. The first-order chi connectivity index (χ1) is 9.47. The number of hydrogen-bond acceptors (Lipinski definition) is 4. The lowest BCUT2D eigenvalue weighted by atomic mass is 10.1. The van der Waals surface area contributed by atoms with Gasteiger partial charge in [-0.05, 0) is 26.8 Å². The van der Waals surface area contributed by atoms with Crippen LogP contribution in [-0.4, -0.2) is 51.5 Å². The highest BCUT2D eigenvalue weighted by Gasteiger charge is 2.25. The third-order valence-electron chi connectivity index (χ3n) is 4.06. The third kappa shape index (κ3) is 3.76. The number of hydrogen-bond donors (Lipinski definition) is 0. The van der Waals surface area contributed by atoms with Crippen molar-refractivity contribution in [2.24, 2.45) is 0 Å². The molecule has 0 unspecified atom stereocenters. The summed E-state index contributed by atoms with van der Waals surface area (Å²) in [5.74, 6) is 1.35. The molecule has 2 heterocycles. The second kappa shape index (κ2) is 6.64. The van der Waals surface area contributed by atoms with Gasteiger partial charge in [0.15, 0.2) is 0 Å². The van der Waals surface area contributed by atoms with Gasteiger partial charge >= 0.3 is 0 Å². The normalized spacial score (nSPS) is 21.9. The number of nitrogens with zero attached hydrogens (tertiary/aromatic N) is 4. The predicted octanol–water partition coefficient (Wildman–Crippen LogP) is 2.51. The van der Waals surface area contributed by atoms with E-state index >= 15 is 0 Å². The summed E-state index contributed by atoms with van der Waals surface area (Å²) in [4.78, 5) is 14.1. The molecule has 1 aromatic rings. The van der Waals surface area contributed by atoms with Crippen LogP contribution in [0.3, 0.4) is 0 Å². The van der Waals surface area contributed by atoms with Gasteiger partial charge in [0.2, 0.25) is 0 Å². The van der Waals surface area contributed by atoms with Gasteiger partial charge in [-0.3, -0.25) is 9.80 Å². The fraction of sp³-hybridized carbons (Fsp3) is 0.750. The maximum atomic E-state index is 4.68. The van der Waals surface area contributed by atoms with Crippen molar-refractivity contribution in [1.82, 2.24) is 19.8 Å². The molecule has 20 heavy (non-hydrogen) atoms. The Labute approximate surface area is 123 Å². The molecule has 1 fully saturated rings. The zero-order valence-electron chi connectivity index (χ0n) is 13.5. The molecular formula is C16H28N4. The number of piperazine rings is 1. The van der Waals surface area contributed by atoms with Gasteiger partial charge in [0, 0.05) is 50.4 Å². The van der Waals surface area contributed by atoms with E-state index in [0.29, 0.717) is 18.0 Å². The molecule has 0 spiro atoms. The maximum absolute atomic E-state index is 4.68. The Kier molecular flexibility index (Phi) is 5.11. The lowest BCUT2D eigenvalue weighted by Gasteiger charge is -2.42. The molecule has 1 atom stereocenters. The molecular weight excluding hydrogens is 248 g/mol. The second-order valence-corrected chi connectivity index (χ2v) is 6.48. The zero-order valence-corrected chi connectivity index (χ0v) is 13.5. The Morgan fingerprint density at radius 2 is 2.00 bits per heavy atom. The maximum Gasteiger partial charge on any atom is 0.131 e. The average molecular weight is 276 g/mol. The molecule has 1 aliphatic heterocycles. The van der Waals surface area contributed by atoms with Crippen molar-refractivity contribution in [3.8, 4) is 0 Å². The Bertz CT molecular complexity index is 430. The third-order valence-corrected chi connectivity index (χ3v) is 4.06. The molecule has 1 saturated heterocycles. The molecule has 0 saturated carbocycles. The molecule has 0 amide bonds. The number of rotatable bonds is 4. The molecule has 1 aliphatic rings. The van der Waals surface area contributed by atoms with E-state index < -0.39 is 0 Å². The van der Waals surface area contributed by atoms with E-state index in [9.17, 15) is 0 Å². The van der Waals surface area contributed by atoms with Crippen LogP contribution in [0.25, 0.3) is 0 Å². The summed E-state index contributed by atoms with van der Waals surface area (Å²) >= 11 is 0. The number of aromatic nitrogens is 2. The molecule has 2 rings (SSSR count). The van der Waals surface area contributed by atoms with E-state index in [1.165, 1.54) is 0 Å². The topological polar surface area (TPSA) is 32.3 Å². The quantitative estimate of drug-likeness (QED) is 0.846. The first-order valence-corrected chi connectivity index (χ1v) is 7.77. The minimum absolute atomic E-state index is 0.395. The van der Waals surface area contributed by atoms with Gasteiger partial charge in [0.25, 0.3) is 0 Å². The molecule has 0 N–H and O–H groups in total. The Balaban J connectivity index is 1.96. The second-order valence-electron chi connectivity index (χ2n) is 6.48. The van der Waals surface area contributed by atoms with Gasteiger partial charge in [-0.2, -0.15) is 0 Å². The summed E-state index contributed by atoms with van der Waals surface area (Å²) in [5, 5.41) is 0. The van der Waals surface area contributed by atoms with Crippen LogP contribution in [0.2, 0.25) is 0 Å². The molecule has 0 aromatic carbocycles. The van der Waals surface area contributed by atoms with Gasteiger partial charge in [-0.1, -0.05) is 13.8 Å². The van der Waals surface area contributed by atoms with Gasteiger partial charge in [0.05, 0.1) is 5.69 Å². The van der Waals surface area contributed by atoms with Crippen LogP contribution < -0.4 is 0 Å². The average Bonchev–Trinajstić information content (AvgIpc) is 2.38. The van der Waals surface area contributed by atoms with E-state index in [2.05, 4.69) is 54.4 Å². The van der Waals surface area contributed by atoms with E-state index in [-0.39, 0.29) is 0 Å². The van der Waals surface area contributed by atoms with Crippen LogP contribution in [0.5, 0.6) is 0 Å². The van der Waals surface area contributed by atoms with E-state index in [1.54, 1.807) is 0 Å². The summed E-state index contributed by atoms with van der Waals surface area (Å²) in [5.41, 5.74) is 1.15. The molecule has 0 radical (unpaired) electrons. The molecule has 0 bridgehead atoms. The highest BCUT2D eigenvalue weighted by Crippen LogP contribution is 2.15. The molecule has 4 nitrogen and oxygen atoms in total. The fourth-order valence-corrected chi connectivity index (χ4v) is 2.97. The van der Waals surface area contributed by atoms with Crippen molar-refractivity contribution in [2.45, 2.75) is 59.2 Å². The van der Waals surface area contributed by atoms with Crippen LogP contribution in [0.4, 0.5) is 0 Å². The zero-order chi connectivity index (χ0) is 14.7. The predicted molar refractivity (Wildman–Crippen MR) is 82.7 cm³/mol. The van der Waals surface area contributed by atoms with Crippen LogP contribution in [0, 0.1) is 0 Å². The summed E-state index contributed by atoms with van der Waals surface area (Å²) in [6.07, 6.45) is 1.89. The highest BCUT2D eigenvalue weighted by molar-refractivity contribution is 5.05. The van der Waals surface area contributed by atoms with Gasteiger partial charge in [-0.15, -0.1) is 0 Å². The first kappa shape index (κ1) is 15.4. The van der Waals surface area contributed by atoms with E-state index in [1.807, 2.05) is 12.3 Å². The minimum Gasteiger partial charge on any atom is -0.296 e. The summed E-state index contributed by atoms with van der Waals surface area (Å²) in [6.45, 7) is 15.5. The lowest BCUT2D eigenvalue weighted by molar-refractivity contribution is 0.0558. The van der Waals surface area contributed by atoms with Crippen molar-refractivity contribution in [3.05, 3.63) is 23.8 Å². The van der Waals surface area contributed by atoms with Crippen molar-refractivity contribution in [3.63, 3.8) is 0 Å². The van der Waals surface area contributed by atoms with E-state index in [4.69, 9.17) is 0 Å². The monoisotopic (exact) mass is 276 g/mol. The van der Waals surface area contributed by atoms with Crippen LogP contribution in [0.15, 0.2) is 12.3 Å². The van der Waals surface area contributed by atoms with E-state index in [0.717, 1.165) is 37.7 Å². The van der Waals surface area contributed by atoms with Crippen LogP contribution in [0.1, 0.15) is 52.1 Å². The van der Waals surface area contributed by atoms with Crippen molar-refractivity contribution in [1.29, 1.82) is 0 Å². The lowest BCUT2D eigenvalue weighted by Crippen LogP contribution is -2.53. The highest BCUT2D eigenvalue weighted by atomic mass is 15.3. The minimum atomic E-state index is 0.395. The summed E-state index contributed by atoms with van der Waals surface area (Å²) < 4.78 is 0. The first-order valence-electron chi connectivity index (χ1n) is 7.77. The SMILES string of the molecule is CC(C)c1nccc(CN2CCN(C(C)C)[C@H](C)C2)n1. The molecule has 0 aliphatic carbocycles. The van der Waals surface area contributed by atoms with Crippen molar-refractivity contribution < 1.29 is 0 Å². The summed E-state index contributed by atoms with van der Waals surface area (Å²) in [6, 6.07) is 3.31. The Hall–Kier alpha value is -1.00. The standard InChI is InChI=1S/C16H28N4/c1-12(2)16-17-7-6-15(18-16)11-19-8-9-20(13(3)4)14(5)10-19/h6-7,12-14H,8-11H2,1-5H3/t14-/m1/s1. The Morgan fingerprint density at radius 1 is 1.25 bits per heavy atom. The Morgan fingerprint density at radius 3 is 2.60 bits per heavy atom. The molecule has 1 aromatic heterocycles. The van der Waals surface area contributed by atoms with Gasteiger partial charge in [0.1, 0.15) is 5.82 Å². The van der Waals surface area contributed by atoms with Gasteiger partial charge in [-0.25, -0.2) is 9.97 Å². The molecule has 112 valence electrons. The van der Waals surface area contributed by atoms with Gasteiger partial charge < -0.3 is 0 Å². The molecule has 4 heteroatoms. The van der Waals surface area contributed by atoms with Crippen molar-refractivity contribution in [2.75, 3.05) is 19.6 Å². The van der Waals surface area contributed by atoms with Crippen LogP contribution >= 0.6 is 0 Å².